The van der Waals surface area contributed by atoms with Crippen LogP contribution in [0.5, 0.6) is 0 Å². The van der Waals surface area contributed by atoms with Gasteiger partial charge in [0.2, 0.25) is 5.91 Å². The van der Waals surface area contributed by atoms with E-state index in [4.69, 9.17) is 5.11 Å². The van der Waals surface area contributed by atoms with E-state index in [9.17, 15) is 4.79 Å². The van der Waals surface area contributed by atoms with Crippen LogP contribution in [-0.2, 0) is 4.79 Å². The van der Waals surface area contributed by atoms with Crippen molar-refractivity contribution < 1.29 is 9.90 Å². The molecule has 0 bridgehead atoms. The van der Waals surface area contributed by atoms with Crippen molar-refractivity contribution in [2.75, 3.05) is 5.32 Å². The predicted molar refractivity (Wildman–Crippen MR) is 68.7 cm³/mol. The Morgan fingerprint density at radius 1 is 1.53 bits per heavy atom. The van der Waals surface area contributed by atoms with Crippen LogP contribution in [0.25, 0.3) is 5.82 Å². The molecule has 0 saturated carbocycles. The van der Waals surface area contributed by atoms with Gasteiger partial charge in [-0.05, 0) is 25.5 Å². The summed E-state index contributed by atoms with van der Waals surface area (Å²) in [7, 11) is 0. The first-order chi connectivity index (χ1) is 9.15. The Bertz CT molecular complexity index is 522. The number of rotatable bonds is 5. The number of pyridine rings is 1. The molecular weight excluding hydrogens is 246 g/mol. The van der Waals surface area contributed by atoms with Crippen LogP contribution in [0.3, 0.4) is 0 Å². The first-order valence-corrected chi connectivity index (χ1v) is 5.94. The highest BCUT2D eigenvalue weighted by Crippen LogP contribution is 2.09. The number of aliphatic hydroxyl groups is 1. The second kappa shape index (κ2) is 6.05. The van der Waals surface area contributed by atoms with Gasteiger partial charge in [-0.1, -0.05) is 0 Å². The third-order valence-corrected chi connectivity index (χ3v) is 2.47. The molecule has 1 unspecified atom stereocenters. The molecule has 7 nitrogen and oxygen atoms in total. The zero-order valence-electron chi connectivity index (χ0n) is 10.5. The summed E-state index contributed by atoms with van der Waals surface area (Å²) < 4.78 is 1.53. The molecule has 0 radical (unpaired) electrons. The Balaban J connectivity index is 1.94. The van der Waals surface area contributed by atoms with Crippen molar-refractivity contribution in [3.63, 3.8) is 0 Å². The number of anilines is 1. The van der Waals surface area contributed by atoms with Crippen molar-refractivity contribution in [1.82, 2.24) is 19.7 Å². The van der Waals surface area contributed by atoms with Gasteiger partial charge in [0, 0.05) is 6.42 Å². The molecule has 0 aliphatic heterocycles. The number of nitrogens with zero attached hydrogens (tertiary/aromatic N) is 4. The molecule has 0 aromatic carbocycles. The zero-order valence-corrected chi connectivity index (χ0v) is 10.5. The predicted octanol–water partition coefficient (Wildman–Crippen LogP) is 0.762. The molecule has 0 aliphatic rings. The Morgan fingerprint density at radius 3 is 2.95 bits per heavy atom. The summed E-state index contributed by atoms with van der Waals surface area (Å²) in [6.45, 7) is 1.65. The molecule has 2 aromatic heterocycles. The van der Waals surface area contributed by atoms with Crippen LogP contribution >= 0.6 is 0 Å². The van der Waals surface area contributed by atoms with E-state index in [0.717, 1.165) is 0 Å². The summed E-state index contributed by atoms with van der Waals surface area (Å²) in [6.07, 6.45) is 4.77. The van der Waals surface area contributed by atoms with Crippen molar-refractivity contribution in [2.24, 2.45) is 0 Å². The van der Waals surface area contributed by atoms with Crippen LogP contribution in [0.2, 0.25) is 0 Å². The first-order valence-electron chi connectivity index (χ1n) is 5.94. The lowest BCUT2D eigenvalue weighted by atomic mass is 10.2. The fourth-order valence-corrected chi connectivity index (χ4v) is 1.49. The largest absolute Gasteiger partial charge is 0.393 e. The van der Waals surface area contributed by atoms with Crippen LogP contribution in [0.1, 0.15) is 19.8 Å². The first kappa shape index (κ1) is 13.2. The van der Waals surface area contributed by atoms with Crippen molar-refractivity contribution in [1.29, 1.82) is 0 Å². The van der Waals surface area contributed by atoms with Crippen LogP contribution in [0.4, 0.5) is 5.69 Å². The van der Waals surface area contributed by atoms with Crippen LogP contribution < -0.4 is 5.32 Å². The molecule has 1 atom stereocenters. The van der Waals surface area contributed by atoms with Gasteiger partial charge in [-0.25, -0.2) is 14.6 Å². The summed E-state index contributed by atoms with van der Waals surface area (Å²) in [5.74, 6) is 0.482. The smallest absolute Gasteiger partial charge is 0.224 e. The molecule has 0 fully saturated rings. The Hall–Kier alpha value is -2.28. The minimum Gasteiger partial charge on any atom is -0.393 e. The third kappa shape index (κ3) is 3.85. The standard InChI is InChI=1S/C12H15N5O2/c1-9(18)2-5-12(19)16-10-3-4-11(14-6-10)17-8-13-7-15-17/h3-4,6-9,18H,2,5H2,1H3,(H,16,19). The zero-order chi connectivity index (χ0) is 13.7. The van der Waals surface area contributed by atoms with E-state index in [0.29, 0.717) is 17.9 Å². The average Bonchev–Trinajstić information content (AvgIpc) is 2.91. The number of hydrogen-bond acceptors (Lipinski definition) is 5. The molecule has 7 heteroatoms. The van der Waals surface area contributed by atoms with Gasteiger partial charge in [-0.3, -0.25) is 4.79 Å². The molecule has 0 spiro atoms. The number of aliphatic hydroxyl groups excluding tert-OH is 1. The number of hydrogen-bond donors (Lipinski definition) is 2. The molecule has 2 rings (SSSR count). The number of carbonyl (C=O) groups is 1. The number of aromatic nitrogens is 4. The maximum atomic E-state index is 11.6. The number of nitrogens with one attached hydrogen (secondary N) is 1. The maximum absolute atomic E-state index is 11.6. The highest BCUT2D eigenvalue weighted by molar-refractivity contribution is 5.90. The Kier molecular flexibility index (Phi) is 4.19. The molecule has 2 aromatic rings. The van der Waals surface area contributed by atoms with Crippen LogP contribution in [0, 0.1) is 0 Å². The highest BCUT2D eigenvalue weighted by atomic mass is 16.3. The molecule has 0 saturated heterocycles. The summed E-state index contributed by atoms with van der Waals surface area (Å²) in [5.41, 5.74) is 0.611. The average molecular weight is 261 g/mol. The van der Waals surface area contributed by atoms with Crippen molar-refractivity contribution in [2.45, 2.75) is 25.9 Å². The third-order valence-electron chi connectivity index (χ3n) is 2.47. The van der Waals surface area contributed by atoms with Gasteiger partial charge in [0.15, 0.2) is 5.82 Å². The van der Waals surface area contributed by atoms with E-state index in [1.165, 1.54) is 11.0 Å². The summed E-state index contributed by atoms with van der Waals surface area (Å²) in [6, 6.07) is 3.48. The molecule has 2 heterocycles. The van der Waals surface area contributed by atoms with E-state index in [1.807, 2.05) is 0 Å². The van der Waals surface area contributed by atoms with E-state index in [-0.39, 0.29) is 12.3 Å². The summed E-state index contributed by atoms with van der Waals surface area (Å²) in [4.78, 5) is 19.5. The van der Waals surface area contributed by atoms with Crippen molar-refractivity contribution >= 4 is 11.6 Å². The lowest BCUT2D eigenvalue weighted by Crippen LogP contribution is -2.14. The fraction of sp³-hybridized carbons (Fsp3) is 0.333. The van der Waals surface area contributed by atoms with E-state index < -0.39 is 6.10 Å². The topological polar surface area (TPSA) is 92.9 Å². The van der Waals surface area contributed by atoms with E-state index in [1.54, 1.807) is 31.6 Å². The summed E-state index contributed by atoms with van der Waals surface area (Å²) in [5, 5.41) is 15.8. The van der Waals surface area contributed by atoms with Gasteiger partial charge in [0.25, 0.3) is 0 Å². The number of amides is 1. The van der Waals surface area contributed by atoms with Gasteiger partial charge in [0.05, 0.1) is 18.0 Å². The van der Waals surface area contributed by atoms with Gasteiger partial charge in [-0.15, -0.1) is 0 Å². The SMILES string of the molecule is CC(O)CCC(=O)Nc1ccc(-n2cncn2)nc1. The molecule has 19 heavy (non-hydrogen) atoms. The lowest BCUT2D eigenvalue weighted by molar-refractivity contribution is -0.116. The molecule has 1 amide bonds. The Labute approximate surface area is 110 Å². The minimum atomic E-state index is -0.474. The van der Waals surface area contributed by atoms with Crippen LogP contribution in [0.15, 0.2) is 31.0 Å². The summed E-state index contributed by atoms with van der Waals surface area (Å²) >= 11 is 0. The Morgan fingerprint density at radius 2 is 2.37 bits per heavy atom. The molecule has 0 aliphatic carbocycles. The molecular formula is C12H15N5O2. The number of carbonyl (C=O) groups excluding carboxylic acids is 1. The maximum Gasteiger partial charge on any atom is 0.224 e. The van der Waals surface area contributed by atoms with Gasteiger partial charge >= 0.3 is 0 Å². The minimum absolute atomic E-state index is 0.142. The van der Waals surface area contributed by atoms with Gasteiger partial charge in [0.1, 0.15) is 12.7 Å². The van der Waals surface area contributed by atoms with Crippen molar-refractivity contribution in [3.8, 4) is 5.82 Å². The second-order valence-corrected chi connectivity index (χ2v) is 4.18. The molecule has 100 valence electrons. The molecule has 2 N–H and O–H groups in total. The lowest BCUT2D eigenvalue weighted by Gasteiger charge is -2.06. The quantitative estimate of drug-likeness (QED) is 0.829. The normalized spacial score (nSPS) is 12.1. The van der Waals surface area contributed by atoms with Gasteiger partial charge in [-0.2, -0.15) is 5.10 Å². The van der Waals surface area contributed by atoms with E-state index in [2.05, 4.69) is 20.4 Å². The second-order valence-electron chi connectivity index (χ2n) is 4.18. The highest BCUT2D eigenvalue weighted by Gasteiger charge is 2.05. The van der Waals surface area contributed by atoms with Gasteiger partial charge < -0.3 is 10.4 Å². The monoisotopic (exact) mass is 261 g/mol. The van der Waals surface area contributed by atoms with E-state index >= 15 is 0 Å². The van der Waals surface area contributed by atoms with Crippen molar-refractivity contribution in [3.05, 3.63) is 31.0 Å². The van der Waals surface area contributed by atoms with Crippen LogP contribution in [-0.4, -0.2) is 36.9 Å². The fourth-order valence-electron chi connectivity index (χ4n) is 1.49.